The van der Waals surface area contributed by atoms with Crippen molar-refractivity contribution in [3.05, 3.63) is 29.8 Å². The molecule has 3 aliphatic heterocycles. The molecule has 7 atom stereocenters. The Labute approximate surface area is 139 Å². The predicted molar refractivity (Wildman–Crippen MR) is 92.3 cm³/mol. The number of rotatable bonds is 2. The lowest BCUT2D eigenvalue weighted by molar-refractivity contribution is -0.934. The molecular weight excluding hydrogens is 284 g/mol. The molecule has 3 fully saturated rings. The van der Waals surface area contributed by atoms with Crippen LogP contribution in [0.25, 0.3) is 0 Å². The molecule has 3 heterocycles. The van der Waals surface area contributed by atoms with Gasteiger partial charge in [0.2, 0.25) is 0 Å². The number of fused-ring (bicyclic) bond motifs is 2. The average molecular weight is 313 g/mol. The van der Waals surface area contributed by atoms with Crippen LogP contribution in [0.4, 0.5) is 5.69 Å². The van der Waals surface area contributed by atoms with Crippen molar-refractivity contribution in [2.75, 3.05) is 32.1 Å². The number of quaternary nitrogens is 1. The number of benzene rings is 1. The van der Waals surface area contributed by atoms with Crippen LogP contribution in [0.1, 0.15) is 31.7 Å². The van der Waals surface area contributed by atoms with Crippen molar-refractivity contribution in [3.8, 4) is 0 Å². The van der Waals surface area contributed by atoms with E-state index >= 15 is 0 Å². The third kappa shape index (κ3) is 1.54. The van der Waals surface area contributed by atoms with Gasteiger partial charge in [-0.15, -0.1) is 0 Å². The summed E-state index contributed by atoms with van der Waals surface area (Å²) < 4.78 is 1.26. The first-order chi connectivity index (χ1) is 11.1. The minimum Gasteiger partial charge on any atom is -0.396 e. The number of anilines is 1. The molecule has 1 saturated carbocycles. The van der Waals surface area contributed by atoms with E-state index in [1.165, 1.54) is 42.5 Å². The summed E-state index contributed by atoms with van der Waals surface area (Å²) >= 11 is 0. The number of hydrogen-bond donors (Lipinski definition) is 2. The van der Waals surface area contributed by atoms with E-state index in [1.807, 2.05) is 0 Å². The summed E-state index contributed by atoms with van der Waals surface area (Å²) in [6.45, 7) is 5.31. The van der Waals surface area contributed by atoms with Gasteiger partial charge < -0.3 is 14.9 Å². The molecule has 1 aliphatic carbocycles. The van der Waals surface area contributed by atoms with Gasteiger partial charge in [0.25, 0.3) is 0 Å². The number of piperidine rings is 1. The third-order valence-corrected chi connectivity index (χ3v) is 8.14. The Morgan fingerprint density at radius 3 is 2.96 bits per heavy atom. The second-order valence-corrected chi connectivity index (χ2v) is 8.77. The molecule has 3 heteroatoms. The Morgan fingerprint density at radius 2 is 2.17 bits per heavy atom. The zero-order valence-electron chi connectivity index (χ0n) is 14.3. The molecule has 5 rings (SSSR count). The van der Waals surface area contributed by atoms with Gasteiger partial charge in [0.15, 0.2) is 0 Å². The van der Waals surface area contributed by atoms with Crippen molar-refractivity contribution in [3.63, 3.8) is 0 Å². The summed E-state index contributed by atoms with van der Waals surface area (Å²) in [5.41, 5.74) is 3.14. The Bertz CT molecular complexity index is 646. The highest BCUT2D eigenvalue weighted by atomic mass is 16.3. The van der Waals surface area contributed by atoms with E-state index in [1.54, 1.807) is 5.56 Å². The van der Waals surface area contributed by atoms with Crippen LogP contribution in [-0.4, -0.2) is 48.4 Å². The van der Waals surface area contributed by atoms with Gasteiger partial charge in [-0.1, -0.05) is 25.1 Å². The molecule has 2 bridgehead atoms. The fraction of sp³-hybridized carbons (Fsp3) is 0.700. The van der Waals surface area contributed by atoms with Crippen LogP contribution in [-0.2, 0) is 5.41 Å². The van der Waals surface area contributed by atoms with Gasteiger partial charge in [-0.2, -0.15) is 0 Å². The third-order valence-electron chi connectivity index (χ3n) is 8.14. The maximum Gasteiger partial charge on any atom is 0.101 e. The summed E-state index contributed by atoms with van der Waals surface area (Å²) in [5, 5.41) is 14.2. The topological polar surface area (TPSA) is 32.3 Å². The van der Waals surface area contributed by atoms with E-state index in [9.17, 15) is 5.11 Å². The Hall–Kier alpha value is -1.06. The van der Waals surface area contributed by atoms with Crippen molar-refractivity contribution in [1.82, 2.24) is 0 Å². The van der Waals surface area contributed by atoms with Crippen molar-refractivity contribution in [2.45, 2.75) is 43.7 Å². The molecule has 0 radical (unpaired) electrons. The first kappa shape index (κ1) is 14.3. The Morgan fingerprint density at radius 1 is 1.35 bits per heavy atom. The number of hydrogen-bond acceptors (Lipinski definition) is 2. The normalized spacial score (nSPS) is 49.4. The van der Waals surface area contributed by atoms with Crippen LogP contribution >= 0.6 is 0 Å². The number of nitrogens with zero attached hydrogens (tertiary/aromatic N) is 1. The fourth-order valence-corrected chi connectivity index (χ4v) is 7.21. The number of likely N-dealkylation sites (N-methyl/N-ethyl adjacent to an activating group) is 1. The molecule has 1 aromatic rings. The van der Waals surface area contributed by atoms with Crippen LogP contribution in [0.2, 0.25) is 0 Å². The van der Waals surface area contributed by atoms with Gasteiger partial charge in [0.1, 0.15) is 6.04 Å². The maximum atomic E-state index is 10.3. The van der Waals surface area contributed by atoms with E-state index < -0.39 is 0 Å². The lowest BCUT2D eigenvalue weighted by Crippen LogP contribution is -2.69. The smallest absolute Gasteiger partial charge is 0.101 e. The fourth-order valence-electron chi connectivity index (χ4n) is 7.21. The van der Waals surface area contributed by atoms with Crippen LogP contribution in [0, 0.1) is 17.8 Å². The average Bonchev–Trinajstić information content (AvgIpc) is 3.08. The Kier molecular flexibility index (Phi) is 2.81. The van der Waals surface area contributed by atoms with Gasteiger partial charge in [-0.3, -0.25) is 0 Å². The van der Waals surface area contributed by atoms with E-state index in [0.29, 0.717) is 24.5 Å². The van der Waals surface area contributed by atoms with Crippen LogP contribution < -0.4 is 5.32 Å². The molecule has 1 spiro atoms. The molecule has 2 N–H and O–H groups in total. The largest absolute Gasteiger partial charge is 0.396 e. The highest BCUT2D eigenvalue weighted by Crippen LogP contribution is 2.63. The molecule has 0 amide bonds. The minimum absolute atomic E-state index is 0.258. The molecular formula is C20H29N2O+. The second kappa shape index (κ2) is 4.52. The number of aliphatic hydroxyl groups excluding tert-OH is 1. The zero-order chi connectivity index (χ0) is 15.8. The summed E-state index contributed by atoms with van der Waals surface area (Å²) in [7, 11) is 2.51. The molecule has 3 nitrogen and oxygen atoms in total. The Balaban J connectivity index is 1.71. The number of nitrogens with one attached hydrogen (secondary N) is 1. The lowest BCUT2D eigenvalue weighted by atomic mass is 9.54. The van der Waals surface area contributed by atoms with Gasteiger partial charge in [0.05, 0.1) is 25.6 Å². The van der Waals surface area contributed by atoms with E-state index in [2.05, 4.69) is 43.6 Å². The highest BCUT2D eigenvalue weighted by Gasteiger charge is 2.71. The zero-order valence-corrected chi connectivity index (χ0v) is 14.3. The number of aliphatic hydroxyl groups is 1. The van der Waals surface area contributed by atoms with E-state index in [0.717, 1.165) is 12.0 Å². The monoisotopic (exact) mass is 313 g/mol. The molecule has 2 saturated heterocycles. The molecule has 1 aromatic carbocycles. The minimum atomic E-state index is 0.258. The first-order valence-corrected chi connectivity index (χ1v) is 9.45. The maximum absolute atomic E-state index is 10.3. The van der Waals surface area contributed by atoms with Gasteiger partial charge in [-0.25, -0.2) is 0 Å². The van der Waals surface area contributed by atoms with E-state index in [4.69, 9.17) is 0 Å². The summed E-state index contributed by atoms with van der Waals surface area (Å²) in [4.78, 5) is 0. The molecule has 2 unspecified atom stereocenters. The molecule has 124 valence electrons. The SMILES string of the molecule is CC[C@@H]1C[N+]2(C)CCC34c5ccccc5N[C@H]3[C@@H](CO)[C@H]1C[C@@H]42. The highest BCUT2D eigenvalue weighted by molar-refractivity contribution is 5.64. The van der Waals surface area contributed by atoms with Gasteiger partial charge in [0, 0.05) is 43.0 Å². The van der Waals surface area contributed by atoms with Crippen LogP contribution in [0.3, 0.4) is 0 Å². The molecule has 23 heavy (non-hydrogen) atoms. The van der Waals surface area contributed by atoms with E-state index in [-0.39, 0.29) is 5.41 Å². The first-order valence-electron chi connectivity index (χ1n) is 9.45. The quantitative estimate of drug-likeness (QED) is 0.823. The van der Waals surface area contributed by atoms with Gasteiger partial charge >= 0.3 is 0 Å². The summed E-state index contributed by atoms with van der Waals surface area (Å²) in [6, 6.07) is 10.1. The predicted octanol–water partition coefficient (Wildman–Crippen LogP) is 2.61. The van der Waals surface area contributed by atoms with Crippen molar-refractivity contribution in [1.29, 1.82) is 0 Å². The van der Waals surface area contributed by atoms with Crippen LogP contribution in [0.15, 0.2) is 24.3 Å². The summed E-state index contributed by atoms with van der Waals surface area (Å²) in [5.74, 6) is 1.88. The second-order valence-electron chi connectivity index (χ2n) is 8.77. The standard InChI is InChI=1S/C20H29N2O/c1-3-13-11-22(2)9-8-20-16-6-4-5-7-17(16)21-19(20)15(12-23)14(13)10-18(20)22/h4-7,13-15,18-19,21,23H,3,8-12H2,1-2H3/q+1/t13-,14+,15+,18+,19+,20?,22?/m1/s1. The van der Waals surface area contributed by atoms with Gasteiger partial charge in [-0.05, 0) is 24.0 Å². The van der Waals surface area contributed by atoms with Crippen molar-refractivity contribution >= 4 is 5.69 Å². The lowest BCUT2D eigenvalue weighted by Gasteiger charge is -2.58. The molecule has 0 aromatic heterocycles. The summed E-state index contributed by atoms with van der Waals surface area (Å²) in [6.07, 6.45) is 3.85. The number of para-hydroxylation sites is 1. The van der Waals surface area contributed by atoms with Crippen molar-refractivity contribution in [2.24, 2.45) is 17.8 Å². The molecule has 4 aliphatic rings. The van der Waals surface area contributed by atoms with Crippen molar-refractivity contribution < 1.29 is 9.59 Å². The van der Waals surface area contributed by atoms with Crippen LogP contribution in [0.5, 0.6) is 0 Å².